The second-order valence-corrected chi connectivity index (χ2v) is 7.32. The Morgan fingerprint density at radius 2 is 1.79 bits per heavy atom. The van der Waals surface area contributed by atoms with Crippen LogP contribution in [0.1, 0.15) is 33.5 Å². The highest BCUT2D eigenvalue weighted by atomic mass is 16.2. The zero-order chi connectivity index (χ0) is 20.6. The SMILES string of the molecule is Cc1ccccc1C(=O)NCC(=O)N1CCCN(Cc2ccc(C#N)cc2)CC1. The summed E-state index contributed by atoms with van der Waals surface area (Å²) in [6, 6.07) is 17.1. The lowest BCUT2D eigenvalue weighted by Gasteiger charge is -2.22. The number of carbonyl (C=O) groups excluding carboxylic acids is 2. The number of amides is 2. The van der Waals surface area contributed by atoms with Crippen LogP contribution in [0.15, 0.2) is 48.5 Å². The van der Waals surface area contributed by atoms with Crippen LogP contribution in [0.3, 0.4) is 0 Å². The highest BCUT2D eigenvalue weighted by Crippen LogP contribution is 2.11. The van der Waals surface area contributed by atoms with Crippen molar-refractivity contribution < 1.29 is 9.59 Å². The Labute approximate surface area is 171 Å². The highest BCUT2D eigenvalue weighted by molar-refractivity contribution is 5.97. The molecule has 150 valence electrons. The fourth-order valence-corrected chi connectivity index (χ4v) is 3.51. The molecule has 1 N–H and O–H groups in total. The normalized spacial score (nSPS) is 14.7. The summed E-state index contributed by atoms with van der Waals surface area (Å²) in [7, 11) is 0. The van der Waals surface area contributed by atoms with Crippen molar-refractivity contribution in [3.63, 3.8) is 0 Å². The summed E-state index contributed by atoms with van der Waals surface area (Å²) in [5.74, 6) is -0.263. The van der Waals surface area contributed by atoms with Gasteiger partial charge in [-0.2, -0.15) is 5.26 Å². The van der Waals surface area contributed by atoms with E-state index in [1.54, 1.807) is 6.07 Å². The Bertz CT molecular complexity index is 902. The topological polar surface area (TPSA) is 76.4 Å². The van der Waals surface area contributed by atoms with Gasteiger partial charge in [0.05, 0.1) is 18.2 Å². The maximum Gasteiger partial charge on any atom is 0.251 e. The summed E-state index contributed by atoms with van der Waals surface area (Å²) in [5.41, 5.74) is 3.32. The van der Waals surface area contributed by atoms with Crippen LogP contribution in [0.25, 0.3) is 0 Å². The molecule has 0 unspecified atom stereocenters. The molecular weight excluding hydrogens is 364 g/mol. The van der Waals surface area contributed by atoms with Crippen LogP contribution in [-0.4, -0.2) is 54.3 Å². The molecule has 6 nitrogen and oxygen atoms in total. The molecule has 0 saturated carbocycles. The molecule has 29 heavy (non-hydrogen) atoms. The first-order valence-corrected chi connectivity index (χ1v) is 9.90. The maximum absolute atomic E-state index is 12.6. The lowest BCUT2D eigenvalue weighted by molar-refractivity contribution is -0.130. The van der Waals surface area contributed by atoms with Gasteiger partial charge in [0.1, 0.15) is 0 Å². The highest BCUT2D eigenvalue weighted by Gasteiger charge is 2.20. The Balaban J connectivity index is 1.48. The molecule has 0 aromatic heterocycles. The molecule has 1 aliphatic heterocycles. The van der Waals surface area contributed by atoms with Gasteiger partial charge in [0.25, 0.3) is 5.91 Å². The number of benzene rings is 2. The van der Waals surface area contributed by atoms with E-state index < -0.39 is 0 Å². The third-order valence-corrected chi connectivity index (χ3v) is 5.22. The van der Waals surface area contributed by atoms with Gasteiger partial charge in [-0.25, -0.2) is 0 Å². The molecule has 2 aromatic rings. The Kier molecular flexibility index (Phi) is 6.99. The van der Waals surface area contributed by atoms with E-state index in [1.807, 2.05) is 54.3 Å². The van der Waals surface area contributed by atoms with E-state index in [0.29, 0.717) is 24.2 Å². The largest absolute Gasteiger partial charge is 0.343 e. The Hall–Kier alpha value is -3.17. The molecular formula is C23H26N4O2. The summed E-state index contributed by atoms with van der Waals surface area (Å²) in [4.78, 5) is 29.0. The van der Waals surface area contributed by atoms with Crippen molar-refractivity contribution in [2.24, 2.45) is 0 Å². The molecule has 1 heterocycles. The second-order valence-electron chi connectivity index (χ2n) is 7.32. The smallest absolute Gasteiger partial charge is 0.251 e. The van der Waals surface area contributed by atoms with E-state index in [0.717, 1.165) is 37.2 Å². The van der Waals surface area contributed by atoms with Gasteiger partial charge in [-0.1, -0.05) is 30.3 Å². The lowest BCUT2D eigenvalue weighted by Crippen LogP contribution is -2.42. The van der Waals surface area contributed by atoms with E-state index in [9.17, 15) is 9.59 Å². The third-order valence-electron chi connectivity index (χ3n) is 5.22. The van der Waals surface area contributed by atoms with Gasteiger partial charge >= 0.3 is 0 Å². The van der Waals surface area contributed by atoms with Crippen molar-refractivity contribution in [3.05, 3.63) is 70.8 Å². The van der Waals surface area contributed by atoms with E-state index in [4.69, 9.17) is 5.26 Å². The zero-order valence-electron chi connectivity index (χ0n) is 16.7. The first-order valence-electron chi connectivity index (χ1n) is 9.90. The molecule has 0 radical (unpaired) electrons. The van der Waals surface area contributed by atoms with Gasteiger partial charge in [0, 0.05) is 38.3 Å². The van der Waals surface area contributed by atoms with Gasteiger partial charge < -0.3 is 10.2 Å². The first kappa shape index (κ1) is 20.6. The number of hydrogen-bond acceptors (Lipinski definition) is 4. The van der Waals surface area contributed by atoms with E-state index in [2.05, 4.69) is 16.3 Å². The van der Waals surface area contributed by atoms with Crippen LogP contribution in [0, 0.1) is 18.3 Å². The fourth-order valence-electron chi connectivity index (χ4n) is 3.51. The number of nitrogens with zero attached hydrogens (tertiary/aromatic N) is 3. The van der Waals surface area contributed by atoms with Gasteiger partial charge in [-0.15, -0.1) is 0 Å². The number of hydrogen-bond donors (Lipinski definition) is 1. The van der Waals surface area contributed by atoms with Gasteiger partial charge in [0.15, 0.2) is 0 Å². The second kappa shape index (κ2) is 9.85. The lowest BCUT2D eigenvalue weighted by atomic mass is 10.1. The van der Waals surface area contributed by atoms with E-state index in [-0.39, 0.29) is 18.4 Å². The van der Waals surface area contributed by atoms with Crippen molar-refractivity contribution >= 4 is 11.8 Å². The van der Waals surface area contributed by atoms with Crippen LogP contribution in [-0.2, 0) is 11.3 Å². The number of aryl methyl sites for hydroxylation is 1. The minimum atomic E-state index is -0.214. The summed E-state index contributed by atoms with van der Waals surface area (Å²) in [6.45, 7) is 5.75. The molecule has 1 fully saturated rings. The Morgan fingerprint density at radius 1 is 1.03 bits per heavy atom. The van der Waals surface area contributed by atoms with Gasteiger partial charge in [-0.05, 0) is 42.7 Å². The van der Waals surface area contributed by atoms with Crippen molar-refractivity contribution in [1.82, 2.24) is 15.1 Å². The number of carbonyl (C=O) groups is 2. The molecule has 0 atom stereocenters. The molecule has 0 spiro atoms. The van der Waals surface area contributed by atoms with Crippen LogP contribution in [0.4, 0.5) is 0 Å². The summed E-state index contributed by atoms with van der Waals surface area (Å²) in [6.07, 6.45) is 0.897. The molecule has 1 aliphatic rings. The third kappa shape index (κ3) is 5.66. The fraction of sp³-hybridized carbons (Fsp3) is 0.348. The minimum absolute atomic E-state index is 0.0167. The number of nitriles is 1. The van der Waals surface area contributed by atoms with E-state index in [1.165, 1.54) is 0 Å². The number of nitrogens with one attached hydrogen (secondary N) is 1. The Morgan fingerprint density at radius 3 is 2.52 bits per heavy atom. The minimum Gasteiger partial charge on any atom is -0.343 e. The molecule has 0 bridgehead atoms. The molecule has 3 rings (SSSR count). The van der Waals surface area contributed by atoms with Crippen LogP contribution in [0.2, 0.25) is 0 Å². The van der Waals surface area contributed by atoms with Crippen LogP contribution >= 0.6 is 0 Å². The zero-order valence-corrected chi connectivity index (χ0v) is 16.7. The molecule has 6 heteroatoms. The molecule has 2 aromatic carbocycles. The van der Waals surface area contributed by atoms with Crippen molar-refractivity contribution in [1.29, 1.82) is 5.26 Å². The summed E-state index contributed by atoms with van der Waals surface area (Å²) in [5, 5.41) is 11.6. The molecule has 0 aliphatic carbocycles. The quantitative estimate of drug-likeness (QED) is 0.850. The monoisotopic (exact) mass is 390 g/mol. The maximum atomic E-state index is 12.6. The van der Waals surface area contributed by atoms with Crippen molar-refractivity contribution in [2.75, 3.05) is 32.7 Å². The average molecular weight is 390 g/mol. The molecule has 1 saturated heterocycles. The van der Waals surface area contributed by atoms with E-state index >= 15 is 0 Å². The van der Waals surface area contributed by atoms with Gasteiger partial charge in [-0.3, -0.25) is 14.5 Å². The first-order chi connectivity index (χ1) is 14.1. The molecule has 2 amide bonds. The van der Waals surface area contributed by atoms with Gasteiger partial charge in [0.2, 0.25) is 5.91 Å². The van der Waals surface area contributed by atoms with Crippen LogP contribution in [0.5, 0.6) is 0 Å². The van der Waals surface area contributed by atoms with Crippen molar-refractivity contribution in [2.45, 2.75) is 19.9 Å². The summed E-state index contributed by atoms with van der Waals surface area (Å²) < 4.78 is 0. The summed E-state index contributed by atoms with van der Waals surface area (Å²) >= 11 is 0. The average Bonchev–Trinajstić information content (AvgIpc) is 2.98. The van der Waals surface area contributed by atoms with Crippen LogP contribution < -0.4 is 5.32 Å². The van der Waals surface area contributed by atoms with Crippen molar-refractivity contribution in [3.8, 4) is 6.07 Å². The predicted molar refractivity (Wildman–Crippen MR) is 111 cm³/mol. The number of rotatable bonds is 5. The predicted octanol–water partition coefficient (Wildman–Crippen LogP) is 2.33. The standard InChI is InChI=1S/C23H26N4O2/c1-18-5-2-3-6-21(18)23(29)25-16-22(28)27-12-4-11-26(13-14-27)17-20-9-7-19(15-24)8-10-20/h2-3,5-10H,4,11-14,16-17H2,1H3,(H,25,29).